The van der Waals surface area contributed by atoms with Gasteiger partial charge in [-0.05, 0) is 26.0 Å². The zero-order chi connectivity index (χ0) is 19.3. The maximum absolute atomic E-state index is 13.1. The molecule has 3 heterocycles. The molecule has 0 aliphatic carbocycles. The number of amides is 1. The number of benzene rings is 1. The number of ketones is 1. The number of hydrogen-bond acceptors (Lipinski definition) is 7. The first-order valence-corrected chi connectivity index (χ1v) is 8.32. The van der Waals surface area contributed by atoms with Crippen molar-refractivity contribution < 1.29 is 28.4 Å². The average molecular weight is 372 g/mol. The second kappa shape index (κ2) is 6.00. The molecule has 2 aliphatic heterocycles. The van der Waals surface area contributed by atoms with Gasteiger partial charge in [-0.2, -0.15) is 0 Å². The number of non-ortho nitro benzene ring substituents is 1. The third-order valence-electron chi connectivity index (χ3n) is 4.70. The summed E-state index contributed by atoms with van der Waals surface area (Å²) < 4.78 is 16.5. The Hall–Kier alpha value is -3.04. The monoisotopic (exact) mass is 372 g/mol. The topological polar surface area (TPSA) is 112 Å². The molecular weight excluding hydrogens is 356 g/mol. The number of hydrogen-bond donors (Lipinski definition) is 0. The van der Waals surface area contributed by atoms with E-state index in [1.165, 1.54) is 23.1 Å². The van der Waals surface area contributed by atoms with Crippen molar-refractivity contribution in [1.82, 2.24) is 0 Å². The Bertz CT molecular complexity index is 972. The molecule has 0 N–H and O–H groups in total. The quantitative estimate of drug-likeness (QED) is 0.459. The largest absolute Gasteiger partial charge is 0.466 e. The lowest BCUT2D eigenvalue weighted by Crippen LogP contribution is -2.43. The number of ether oxygens (including phenoxy) is 2. The lowest BCUT2D eigenvalue weighted by atomic mass is 10.1. The second-order valence-electron chi connectivity index (χ2n) is 6.41. The molecule has 2 aromatic rings. The van der Waals surface area contributed by atoms with Gasteiger partial charge in [-0.15, -0.1) is 0 Å². The van der Waals surface area contributed by atoms with Gasteiger partial charge in [0.05, 0.1) is 41.5 Å². The molecule has 1 fully saturated rings. The number of furan rings is 1. The molecule has 0 radical (unpaired) electrons. The van der Waals surface area contributed by atoms with Crippen LogP contribution in [0.15, 0.2) is 28.7 Å². The smallest absolute Gasteiger partial charge is 0.292 e. The molecule has 2 aliphatic rings. The molecule has 0 unspecified atom stereocenters. The first kappa shape index (κ1) is 17.4. The molecule has 4 rings (SSSR count). The fourth-order valence-corrected chi connectivity index (χ4v) is 3.52. The van der Waals surface area contributed by atoms with E-state index < -0.39 is 16.6 Å². The molecule has 0 atom stereocenters. The van der Waals surface area contributed by atoms with Crippen LogP contribution in [-0.2, 0) is 20.1 Å². The number of rotatable bonds is 4. The second-order valence-corrected chi connectivity index (χ2v) is 6.41. The summed E-state index contributed by atoms with van der Waals surface area (Å²) in [6.07, 6.45) is 0. The van der Waals surface area contributed by atoms with Crippen LogP contribution >= 0.6 is 0 Å². The number of fused-ring (bicyclic) bond motifs is 2. The number of nitrogens with zero attached hydrogens (tertiary/aromatic N) is 2. The fourth-order valence-electron chi connectivity index (χ4n) is 3.52. The Morgan fingerprint density at radius 2 is 1.96 bits per heavy atom. The number of nitro groups is 1. The highest BCUT2D eigenvalue weighted by Crippen LogP contribution is 2.47. The van der Waals surface area contributed by atoms with Crippen LogP contribution < -0.4 is 4.90 Å². The van der Waals surface area contributed by atoms with Crippen molar-refractivity contribution in [3.63, 3.8) is 0 Å². The van der Waals surface area contributed by atoms with Crippen LogP contribution in [0.1, 0.15) is 27.4 Å². The van der Waals surface area contributed by atoms with E-state index in [1.807, 2.05) is 0 Å². The molecule has 0 saturated carbocycles. The number of nitro benzene ring substituents is 1. The molecule has 1 amide bonds. The van der Waals surface area contributed by atoms with E-state index in [0.717, 1.165) is 0 Å². The van der Waals surface area contributed by atoms with Crippen molar-refractivity contribution >= 4 is 23.1 Å². The summed E-state index contributed by atoms with van der Waals surface area (Å²) in [6.45, 7) is 3.51. The Kier molecular flexibility index (Phi) is 3.86. The van der Waals surface area contributed by atoms with Gasteiger partial charge in [0.25, 0.3) is 17.4 Å². The van der Waals surface area contributed by atoms with Gasteiger partial charge in [0.2, 0.25) is 0 Å². The van der Waals surface area contributed by atoms with Gasteiger partial charge in [-0.1, -0.05) is 0 Å². The number of carbonyl (C=O) groups is 2. The van der Waals surface area contributed by atoms with Gasteiger partial charge in [0.15, 0.2) is 5.78 Å². The van der Waals surface area contributed by atoms with Gasteiger partial charge in [-0.25, -0.2) is 0 Å². The SMILES string of the molecule is Cc1cc(C(=O)CN2C(=O)C3(OCCO3)c3cc([N+](=O)[O-])ccc32)c(C)o1. The summed E-state index contributed by atoms with van der Waals surface area (Å²) in [4.78, 5) is 37.6. The minimum Gasteiger partial charge on any atom is -0.466 e. The van der Waals surface area contributed by atoms with Crippen LogP contribution in [0, 0.1) is 24.0 Å². The highest BCUT2D eigenvalue weighted by molar-refractivity contribution is 6.12. The molecule has 0 bridgehead atoms. The number of Topliss-reactive ketones (excluding diaryl/α,β-unsaturated/α-hetero) is 1. The van der Waals surface area contributed by atoms with Crippen LogP contribution in [0.4, 0.5) is 11.4 Å². The number of aryl methyl sites for hydroxylation is 2. The Morgan fingerprint density at radius 3 is 2.56 bits per heavy atom. The van der Waals surface area contributed by atoms with E-state index in [9.17, 15) is 19.7 Å². The molecular formula is C18H16N2O7. The van der Waals surface area contributed by atoms with Gasteiger partial charge in [0.1, 0.15) is 11.5 Å². The predicted octanol–water partition coefficient (Wildman–Crippen LogP) is 2.23. The normalized spacial score (nSPS) is 17.6. The lowest BCUT2D eigenvalue weighted by Gasteiger charge is -2.21. The van der Waals surface area contributed by atoms with Crippen LogP contribution in [0.2, 0.25) is 0 Å². The van der Waals surface area contributed by atoms with Gasteiger partial charge < -0.3 is 13.9 Å². The summed E-state index contributed by atoms with van der Waals surface area (Å²) >= 11 is 0. The van der Waals surface area contributed by atoms with Crippen LogP contribution in [0.25, 0.3) is 0 Å². The van der Waals surface area contributed by atoms with E-state index in [0.29, 0.717) is 22.8 Å². The van der Waals surface area contributed by atoms with Crippen LogP contribution in [0.5, 0.6) is 0 Å². The van der Waals surface area contributed by atoms with Crippen molar-refractivity contribution in [2.24, 2.45) is 0 Å². The fraction of sp³-hybridized carbons (Fsp3) is 0.333. The van der Waals surface area contributed by atoms with Crippen molar-refractivity contribution in [3.05, 3.63) is 57.0 Å². The molecule has 1 aromatic carbocycles. The zero-order valence-electron chi connectivity index (χ0n) is 14.7. The molecule has 1 spiro atoms. The van der Waals surface area contributed by atoms with E-state index >= 15 is 0 Å². The van der Waals surface area contributed by atoms with Gasteiger partial charge >= 0.3 is 0 Å². The molecule has 9 heteroatoms. The Labute approximate surface area is 153 Å². The number of anilines is 1. The summed E-state index contributed by atoms with van der Waals surface area (Å²) in [6, 6.07) is 5.60. The van der Waals surface area contributed by atoms with Gasteiger partial charge in [0, 0.05) is 12.1 Å². The average Bonchev–Trinajstić information content (AvgIpc) is 3.30. The summed E-state index contributed by atoms with van der Waals surface area (Å²) in [5.74, 6) is -1.54. The van der Waals surface area contributed by atoms with Crippen LogP contribution in [-0.4, -0.2) is 36.4 Å². The maximum atomic E-state index is 13.1. The standard InChI is InChI=1S/C18H16N2O7/c1-10-7-13(11(2)27-10)16(21)9-19-15-4-3-12(20(23)24)8-14(15)18(17(19)22)25-5-6-26-18/h3-4,7-8H,5-6,9H2,1-2H3. The molecule has 27 heavy (non-hydrogen) atoms. The molecule has 1 aromatic heterocycles. The van der Waals surface area contributed by atoms with E-state index in [1.54, 1.807) is 19.9 Å². The maximum Gasteiger partial charge on any atom is 0.292 e. The Balaban J connectivity index is 1.75. The first-order chi connectivity index (χ1) is 12.8. The van der Waals surface area contributed by atoms with E-state index in [-0.39, 0.29) is 36.8 Å². The Morgan fingerprint density at radius 1 is 1.26 bits per heavy atom. The van der Waals surface area contributed by atoms with Gasteiger partial charge in [-0.3, -0.25) is 24.6 Å². The van der Waals surface area contributed by atoms with Crippen molar-refractivity contribution in [2.45, 2.75) is 19.6 Å². The highest BCUT2D eigenvalue weighted by atomic mass is 16.7. The van der Waals surface area contributed by atoms with E-state index in [2.05, 4.69) is 0 Å². The zero-order valence-corrected chi connectivity index (χ0v) is 14.7. The number of carbonyl (C=O) groups excluding carboxylic acids is 2. The highest BCUT2D eigenvalue weighted by Gasteiger charge is 2.57. The van der Waals surface area contributed by atoms with E-state index in [4.69, 9.17) is 13.9 Å². The third-order valence-corrected chi connectivity index (χ3v) is 4.70. The molecule has 140 valence electrons. The van der Waals surface area contributed by atoms with Crippen LogP contribution in [0.3, 0.4) is 0 Å². The predicted molar refractivity (Wildman–Crippen MR) is 91.5 cm³/mol. The summed E-state index contributed by atoms with van der Waals surface area (Å²) in [5.41, 5.74) is 0.804. The summed E-state index contributed by atoms with van der Waals surface area (Å²) in [7, 11) is 0. The summed E-state index contributed by atoms with van der Waals surface area (Å²) in [5, 5.41) is 11.1. The lowest BCUT2D eigenvalue weighted by molar-refractivity contribution is -0.385. The first-order valence-electron chi connectivity index (χ1n) is 8.32. The minimum atomic E-state index is -1.73. The van der Waals surface area contributed by atoms with Crippen molar-refractivity contribution in [1.29, 1.82) is 0 Å². The third kappa shape index (κ3) is 2.54. The molecule has 9 nitrogen and oxygen atoms in total. The minimum absolute atomic E-state index is 0.176. The van der Waals surface area contributed by atoms with Crippen molar-refractivity contribution in [3.8, 4) is 0 Å². The molecule has 1 saturated heterocycles. The van der Waals surface area contributed by atoms with Crippen molar-refractivity contribution in [2.75, 3.05) is 24.7 Å².